The Kier molecular flexibility index (Phi) is 7.24. The molecule has 2 aromatic rings. The lowest BCUT2D eigenvalue weighted by molar-refractivity contribution is -0.116. The fraction of sp³-hybridized carbons (Fsp3) is 0.200. The molecule has 0 unspecified atom stereocenters. The van der Waals surface area contributed by atoms with E-state index in [0.29, 0.717) is 30.5 Å². The summed E-state index contributed by atoms with van der Waals surface area (Å²) in [7, 11) is 3.13. The first-order valence-electron chi connectivity index (χ1n) is 8.03. The Bertz CT molecular complexity index is 770. The summed E-state index contributed by atoms with van der Waals surface area (Å²) in [6.45, 7) is 4.40. The van der Waals surface area contributed by atoms with Gasteiger partial charge in [0.1, 0.15) is 6.61 Å². The highest BCUT2D eigenvalue weighted by Gasteiger charge is 2.04. The van der Waals surface area contributed by atoms with Gasteiger partial charge in [0.2, 0.25) is 11.8 Å². The number of nitrogens with zero attached hydrogens (tertiary/aromatic N) is 1. The van der Waals surface area contributed by atoms with Crippen molar-refractivity contribution in [2.45, 2.75) is 6.54 Å². The van der Waals surface area contributed by atoms with Crippen LogP contribution in [-0.4, -0.2) is 31.7 Å². The third-order valence-corrected chi connectivity index (χ3v) is 3.45. The second-order valence-electron chi connectivity index (χ2n) is 5.27. The normalized spacial score (nSPS) is 10.4. The summed E-state index contributed by atoms with van der Waals surface area (Å²) in [5.41, 5.74) is 1.71. The number of hydrogen-bond donors (Lipinski definition) is 1. The molecule has 1 amide bonds. The van der Waals surface area contributed by atoms with Gasteiger partial charge in [-0.1, -0.05) is 24.8 Å². The van der Waals surface area contributed by atoms with E-state index in [1.807, 2.05) is 12.1 Å². The molecule has 1 aromatic carbocycles. The Hall–Kier alpha value is -3.28. The molecule has 0 saturated heterocycles. The Morgan fingerprint density at radius 3 is 2.69 bits per heavy atom. The Labute approximate surface area is 153 Å². The van der Waals surface area contributed by atoms with Crippen molar-refractivity contribution in [2.24, 2.45) is 0 Å². The van der Waals surface area contributed by atoms with Gasteiger partial charge in [0.05, 0.1) is 14.2 Å². The summed E-state index contributed by atoms with van der Waals surface area (Å²) >= 11 is 0. The van der Waals surface area contributed by atoms with Crippen molar-refractivity contribution in [2.75, 3.05) is 20.8 Å². The van der Waals surface area contributed by atoms with Crippen LogP contribution in [0.4, 0.5) is 0 Å². The van der Waals surface area contributed by atoms with E-state index in [0.717, 1.165) is 11.1 Å². The summed E-state index contributed by atoms with van der Waals surface area (Å²) in [5.74, 6) is 1.56. The first-order chi connectivity index (χ1) is 12.7. The van der Waals surface area contributed by atoms with E-state index >= 15 is 0 Å². The van der Waals surface area contributed by atoms with Gasteiger partial charge in [-0.2, -0.15) is 0 Å². The van der Waals surface area contributed by atoms with Gasteiger partial charge in [-0.3, -0.25) is 4.79 Å². The van der Waals surface area contributed by atoms with Gasteiger partial charge in [0.25, 0.3) is 0 Å². The molecule has 0 spiro atoms. The number of aromatic nitrogens is 1. The molecule has 6 nitrogen and oxygen atoms in total. The summed E-state index contributed by atoms with van der Waals surface area (Å²) in [6.07, 6.45) is 6.50. The van der Waals surface area contributed by atoms with Crippen LogP contribution in [0.3, 0.4) is 0 Å². The summed E-state index contributed by atoms with van der Waals surface area (Å²) in [4.78, 5) is 16.1. The summed E-state index contributed by atoms with van der Waals surface area (Å²) < 4.78 is 15.8. The maximum atomic E-state index is 12.0. The second kappa shape index (κ2) is 9.88. The minimum absolute atomic E-state index is 0.202. The Morgan fingerprint density at radius 1 is 1.19 bits per heavy atom. The molecule has 0 radical (unpaired) electrons. The number of rotatable bonds is 9. The topological polar surface area (TPSA) is 69.7 Å². The van der Waals surface area contributed by atoms with Gasteiger partial charge < -0.3 is 19.5 Å². The van der Waals surface area contributed by atoms with Crippen molar-refractivity contribution in [3.05, 3.63) is 66.4 Å². The molecule has 26 heavy (non-hydrogen) atoms. The van der Waals surface area contributed by atoms with Crippen LogP contribution in [0.1, 0.15) is 11.1 Å². The average Bonchev–Trinajstić information content (AvgIpc) is 2.69. The monoisotopic (exact) mass is 354 g/mol. The zero-order valence-corrected chi connectivity index (χ0v) is 14.9. The third kappa shape index (κ3) is 5.66. The molecule has 1 heterocycles. The molecule has 0 aliphatic carbocycles. The second-order valence-corrected chi connectivity index (χ2v) is 5.27. The molecule has 1 N–H and O–H groups in total. The summed E-state index contributed by atoms with van der Waals surface area (Å²) in [5, 5.41) is 2.80. The van der Waals surface area contributed by atoms with E-state index in [9.17, 15) is 4.79 Å². The predicted octanol–water partition coefficient (Wildman–Crippen LogP) is 2.99. The highest BCUT2D eigenvalue weighted by molar-refractivity contribution is 5.91. The number of carbonyl (C=O) groups is 1. The van der Waals surface area contributed by atoms with Gasteiger partial charge in [0.15, 0.2) is 11.5 Å². The first-order valence-corrected chi connectivity index (χ1v) is 8.03. The number of amides is 1. The van der Waals surface area contributed by atoms with E-state index in [-0.39, 0.29) is 5.91 Å². The molecule has 136 valence electrons. The van der Waals surface area contributed by atoms with Crippen molar-refractivity contribution in [1.82, 2.24) is 10.3 Å². The molecular formula is C20H22N2O4. The molecule has 1 aromatic heterocycles. The smallest absolute Gasteiger partial charge is 0.244 e. The molecule has 2 rings (SSSR count). The van der Waals surface area contributed by atoms with Crippen molar-refractivity contribution in [3.63, 3.8) is 0 Å². The maximum Gasteiger partial charge on any atom is 0.244 e. The Balaban J connectivity index is 1.92. The number of pyridine rings is 1. The van der Waals surface area contributed by atoms with Crippen LogP contribution < -0.4 is 19.5 Å². The molecule has 0 bridgehead atoms. The molecular weight excluding hydrogens is 332 g/mol. The molecule has 0 fully saturated rings. The molecule has 0 saturated carbocycles. The SMILES string of the molecule is C=CCOc1ccc(/C=C/C(=O)NCc2ccc(OC)nc2)cc1OC. The molecule has 0 aliphatic rings. The number of nitrogens with one attached hydrogen (secondary N) is 1. The van der Waals surface area contributed by atoms with Crippen LogP contribution in [-0.2, 0) is 11.3 Å². The highest BCUT2D eigenvalue weighted by Crippen LogP contribution is 2.28. The van der Waals surface area contributed by atoms with Gasteiger partial charge >= 0.3 is 0 Å². The minimum atomic E-state index is -0.202. The van der Waals surface area contributed by atoms with E-state index in [1.165, 1.54) is 6.08 Å². The average molecular weight is 354 g/mol. The lowest BCUT2D eigenvalue weighted by Gasteiger charge is -2.09. The number of carbonyl (C=O) groups excluding carboxylic acids is 1. The van der Waals surface area contributed by atoms with Crippen molar-refractivity contribution in [3.8, 4) is 17.4 Å². The van der Waals surface area contributed by atoms with E-state index in [2.05, 4.69) is 16.9 Å². The fourth-order valence-electron chi connectivity index (χ4n) is 2.11. The van der Waals surface area contributed by atoms with E-state index in [4.69, 9.17) is 14.2 Å². The zero-order valence-electron chi connectivity index (χ0n) is 14.9. The summed E-state index contributed by atoms with van der Waals surface area (Å²) in [6, 6.07) is 9.04. The van der Waals surface area contributed by atoms with Gasteiger partial charge in [0, 0.05) is 24.9 Å². The van der Waals surface area contributed by atoms with Crippen molar-refractivity contribution < 1.29 is 19.0 Å². The number of benzene rings is 1. The number of hydrogen-bond acceptors (Lipinski definition) is 5. The van der Waals surface area contributed by atoms with Gasteiger partial charge in [-0.05, 0) is 29.3 Å². The zero-order chi connectivity index (χ0) is 18.8. The highest BCUT2D eigenvalue weighted by atomic mass is 16.5. The molecule has 0 atom stereocenters. The van der Waals surface area contributed by atoms with Crippen LogP contribution in [0.5, 0.6) is 17.4 Å². The lowest BCUT2D eigenvalue weighted by Crippen LogP contribution is -2.20. The first kappa shape index (κ1) is 19.1. The van der Waals surface area contributed by atoms with Crippen molar-refractivity contribution in [1.29, 1.82) is 0 Å². The fourth-order valence-corrected chi connectivity index (χ4v) is 2.11. The minimum Gasteiger partial charge on any atom is -0.493 e. The van der Waals surface area contributed by atoms with Crippen molar-refractivity contribution >= 4 is 12.0 Å². The quantitative estimate of drug-likeness (QED) is 0.554. The van der Waals surface area contributed by atoms with Crippen LogP contribution >= 0.6 is 0 Å². The van der Waals surface area contributed by atoms with Crippen LogP contribution in [0.15, 0.2) is 55.3 Å². The molecule has 0 aliphatic heterocycles. The van der Waals surface area contributed by atoms with E-state index in [1.54, 1.807) is 50.8 Å². The standard InChI is InChI=1S/C20H22N2O4/c1-4-11-26-17-8-5-15(12-18(17)24-2)6-9-19(23)21-13-16-7-10-20(25-3)22-14-16/h4-10,12,14H,1,11,13H2,2-3H3,(H,21,23)/b9-6+. The van der Waals surface area contributed by atoms with Gasteiger partial charge in [-0.15, -0.1) is 0 Å². The predicted molar refractivity (Wildman–Crippen MR) is 100 cm³/mol. The van der Waals surface area contributed by atoms with E-state index < -0.39 is 0 Å². The van der Waals surface area contributed by atoms with Gasteiger partial charge in [-0.25, -0.2) is 4.98 Å². The third-order valence-electron chi connectivity index (χ3n) is 3.45. The van der Waals surface area contributed by atoms with Crippen LogP contribution in [0, 0.1) is 0 Å². The van der Waals surface area contributed by atoms with Crippen LogP contribution in [0.2, 0.25) is 0 Å². The van der Waals surface area contributed by atoms with Crippen LogP contribution in [0.25, 0.3) is 6.08 Å². The Morgan fingerprint density at radius 2 is 2.04 bits per heavy atom. The maximum absolute atomic E-state index is 12.0. The largest absolute Gasteiger partial charge is 0.493 e. The number of methoxy groups -OCH3 is 2. The molecule has 6 heteroatoms. The lowest BCUT2D eigenvalue weighted by atomic mass is 10.2. The number of ether oxygens (including phenoxy) is 3.